The number of furan rings is 1. The third-order valence-corrected chi connectivity index (χ3v) is 6.04. The van der Waals surface area contributed by atoms with E-state index in [1.807, 2.05) is 23.8 Å². The number of carbonyl (C=O) groups is 2. The highest BCUT2D eigenvalue weighted by molar-refractivity contribution is 7.12. The molecule has 0 bridgehead atoms. The predicted molar refractivity (Wildman–Crippen MR) is 120 cm³/mol. The maximum Gasteiger partial charge on any atom is 0.339 e. The number of fused-ring (bicyclic) bond motifs is 1. The molecule has 5 rings (SSSR count). The van der Waals surface area contributed by atoms with Crippen LogP contribution in [0.25, 0.3) is 27.7 Å². The van der Waals surface area contributed by atoms with Gasteiger partial charge in [-0.1, -0.05) is 5.16 Å². The van der Waals surface area contributed by atoms with Crippen LogP contribution in [0.4, 0.5) is 0 Å². The highest BCUT2D eigenvalue weighted by Gasteiger charge is 2.23. The molecule has 0 aromatic carbocycles. The summed E-state index contributed by atoms with van der Waals surface area (Å²) >= 11 is 1.48. The van der Waals surface area contributed by atoms with Crippen molar-refractivity contribution in [3.05, 3.63) is 70.3 Å². The maximum atomic E-state index is 13.0. The van der Waals surface area contributed by atoms with E-state index in [1.165, 1.54) is 17.6 Å². The Bertz CT molecular complexity index is 1480. The molecule has 9 nitrogen and oxygen atoms in total. The molecule has 0 saturated heterocycles. The lowest BCUT2D eigenvalue weighted by molar-refractivity contribution is 0.0476. The van der Waals surface area contributed by atoms with Gasteiger partial charge in [0.25, 0.3) is 5.71 Å². The van der Waals surface area contributed by atoms with Crippen molar-refractivity contribution in [3.8, 4) is 16.6 Å². The normalized spacial score (nSPS) is 11.2. The van der Waals surface area contributed by atoms with Crippen LogP contribution in [0.1, 0.15) is 37.8 Å². The fourth-order valence-electron chi connectivity index (χ4n) is 3.76. The van der Waals surface area contributed by atoms with E-state index in [-0.39, 0.29) is 17.1 Å². The fraction of sp³-hybridized carbons (Fsp3) is 0.174. The number of thiazole rings is 1. The highest BCUT2D eigenvalue weighted by atomic mass is 32.1. The minimum atomic E-state index is -0.677. The largest absolute Gasteiger partial charge is 0.463 e. The number of rotatable bonds is 6. The van der Waals surface area contributed by atoms with Gasteiger partial charge in [0, 0.05) is 28.5 Å². The van der Waals surface area contributed by atoms with Crippen molar-refractivity contribution in [1.29, 1.82) is 0 Å². The summed E-state index contributed by atoms with van der Waals surface area (Å²) in [5.74, 6) is -0.521. The van der Waals surface area contributed by atoms with E-state index < -0.39 is 12.6 Å². The molecule has 5 aromatic rings. The second kappa shape index (κ2) is 8.14. The van der Waals surface area contributed by atoms with Gasteiger partial charge in [-0.15, -0.1) is 11.3 Å². The second-order valence-corrected chi connectivity index (χ2v) is 8.29. The van der Waals surface area contributed by atoms with Crippen LogP contribution in [0.3, 0.4) is 0 Å². The number of esters is 1. The number of carbonyl (C=O) groups excluding carboxylic acids is 2. The third-order valence-electron chi connectivity index (χ3n) is 5.29. The molecule has 0 aliphatic heterocycles. The summed E-state index contributed by atoms with van der Waals surface area (Å²) in [5, 5.41) is 6.98. The topological polar surface area (TPSA) is 113 Å². The first-order chi connectivity index (χ1) is 15.9. The van der Waals surface area contributed by atoms with Gasteiger partial charge in [-0.2, -0.15) is 0 Å². The number of ketones is 1. The molecule has 0 aliphatic rings. The van der Waals surface area contributed by atoms with E-state index in [2.05, 4.69) is 15.1 Å². The zero-order valence-electron chi connectivity index (χ0n) is 18.0. The van der Waals surface area contributed by atoms with Crippen molar-refractivity contribution < 1.29 is 23.3 Å². The molecule has 0 radical (unpaired) electrons. The van der Waals surface area contributed by atoms with Gasteiger partial charge in [0.2, 0.25) is 5.78 Å². The SMILES string of the molecule is Cc1noc2nc(-c3ccco3)cc(C(=O)OCC(=O)c3cc(C)n(-c4nccs4)c3C)c12. The van der Waals surface area contributed by atoms with E-state index in [9.17, 15) is 9.59 Å². The summed E-state index contributed by atoms with van der Waals surface area (Å²) in [4.78, 5) is 34.6. The van der Waals surface area contributed by atoms with Gasteiger partial charge in [-0.3, -0.25) is 9.36 Å². The quantitative estimate of drug-likeness (QED) is 0.264. The van der Waals surface area contributed by atoms with Crippen molar-refractivity contribution in [2.24, 2.45) is 0 Å². The van der Waals surface area contributed by atoms with Crippen molar-refractivity contribution in [1.82, 2.24) is 19.7 Å². The van der Waals surface area contributed by atoms with Gasteiger partial charge in [-0.05, 0) is 45.0 Å². The first-order valence-corrected chi connectivity index (χ1v) is 10.9. The van der Waals surface area contributed by atoms with Crippen LogP contribution in [0.2, 0.25) is 0 Å². The molecule has 0 atom stereocenters. The number of Topliss-reactive ketones (excluding diaryl/α,β-unsaturated/α-hetero) is 1. The number of hydrogen-bond acceptors (Lipinski definition) is 9. The first kappa shape index (κ1) is 20.8. The van der Waals surface area contributed by atoms with Gasteiger partial charge >= 0.3 is 5.97 Å². The smallest absolute Gasteiger partial charge is 0.339 e. The number of nitrogens with zero attached hydrogens (tertiary/aromatic N) is 4. The number of pyridine rings is 1. The summed E-state index contributed by atoms with van der Waals surface area (Å²) in [5.41, 5.74) is 3.37. The van der Waals surface area contributed by atoms with Gasteiger partial charge in [0.15, 0.2) is 17.5 Å². The maximum absolute atomic E-state index is 13.0. The molecule has 0 aliphatic carbocycles. The van der Waals surface area contributed by atoms with Gasteiger partial charge in [0.05, 0.1) is 22.9 Å². The molecule has 0 N–H and O–H groups in total. The fourth-order valence-corrected chi connectivity index (χ4v) is 4.51. The zero-order chi connectivity index (χ0) is 23.1. The summed E-state index contributed by atoms with van der Waals surface area (Å²) < 4.78 is 18.0. The molecule has 0 amide bonds. The van der Waals surface area contributed by atoms with Crippen LogP contribution in [0.5, 0.6) is 0 Å². The van der Waals surface area contributed by atoms with Gasteiger partial charge in [-0.25, -0.2) is 14.8 Å². The van der Waals surface area contributed by atoms with Crippen LogP contribution in [-0.2, 0) is 4.74 Å². The Hall–Kier alpha value is -4.05. The second-order valence-electron chi connectivity index (χ2n) is 7.41. The third kappa shape index (κ3) is 3.64. The lowest BCUT2D eigenvalue weighted by Gasteiger charge is -2.07. The van der Waals surface area contributed by atoms with E-state index in [4.69, 9.17) is 13.7 Å². The summed E-state index contributed by atoms with van der Waals surface area (Å²) in [6.07, 6.45) is 3.22. The van der Waals surface area contributed by atoms with Crippen molar-refractivity contribution >= 4 is 34.2 Å². The minimum absolute atomic E-state index is 0.187. The number of hydrogen-bond donors (Lipinski definition) is 0. The molecular weight excluding hydrogens is 444 g/mol. The standard InChI is InChI=1S/C23H18N4O5S/c1-12-9-15(14(3)27(12)23-24-6-8-33-23)18(28)11-31-22(29)16-10-17(19-5-4-7-30-19)25-21-20(16)13(2)26-32-21/h4-10H,11H2,1-3H3. The Morgan fingerprint density at radius 3 is 2.76 bits per heavy atom. The Labute approximate surface area is 191 Å². The van der Waals surface area contributed by atoms with Crippen molar-refractivity contribution in [2.45, 2.75) is 20.8 Å². The monoisotopic (exact) mass is 462 g/mol. The van der Waals surface area contributed by atoms with Crippen molar-refractivity contribution in [3.63, 3.8) is 0 Å². The van der Waals surface area contributed by atoms with E-state index in [1.54, 1.807) is 37.4 Å². The van der Waals surface area contributed by atoms with Crippen LogP contribution < -0.4 is 0 Å². The zero-order valence-corrected chi connectivity index (χ0v) is 18.8. The predicted octanol–water partition coefficient (Wildman–Crippen LogP) is 4.69. The molecule has 33 heavy (non-hydrogen) atoms. The summed E-state index contributed by atoms with van der Waals surface area (Å²) in [6.45, 7) is 5.03. The summed E-state index contributed by atoms with van der Waals surface area (Å²) in [7, 11) is 0. The van der Waals surface area contributed by atoms with E-state index in [0.29, 0.717) is 28.1 Å². The number of aromatic nitrogens is 4. The van der Waals surface area contributed by atoms with Crippen LogP contribution in [-0.4, -0.2) is 38.1 Å². The lowest BCUT2D eigenvalue weighted by atomic mass is 10.1. The Balaban J connectivity index is 1.41. The molecule has 5 aromatic heterocycles. The minimum Gasteiger partial charge on any atom is -0.463 e. The first-order valence-electron chi connectivity index (χ1n) is 10.0. The Morgan fingerprint density at radius 2 is 2.03 bits per heavy atom. The van der Waals surface area contributed by atoms with Gasteiger partial charge in [0.1, 0.15) is 5.69 Å². The molecule has 166 valence electrons. The molecule has 10 heteroatoms. The number of ether oxygens (including phenoxy) is 1. The average Bonchev–Trinajstić information content (AvgIpc) is 3.60. The van der Waals surface area contributed by atoms with Crippen LogP contribution >= 0.6 is 11.3 Å². The van der Waals surface area contributed by atoms with Crippen molar-refractivity contribution in [2.75, 3.05) is 6.61 Å². The molecule has 0 spiro atoms. The Morgan fingerprint density at radius 1 is 1.18 bits per heavy atom. The van der Waals surface area contributed by atoms with Gasteiger partial charge < -0.3 is 13.7 Å². The van der Waals surface area contributed by atoms with E-state index >= 15 is 0 Å². The lowest BCUT2D eigenvalue weighted by Crippen LogP contribution is -2.15. The molecular formula is C23H18N4O5S. The summed E-state index contributed by atoms with van der Waals surface area (Å²) in [6, 6.07) is 6.75. The Kier molecular flexibility index (Phi) is 5.14. The highest BCUT2D eigenvalue weighted by Crippen LogP contribution is 2.28. The molecule has 5 heterocycles. The molecule has 0 unspecified atom stereocenters. The average molecular weight is 462 g/mol. The number of aryl methyl sites for hydroxylation is 2. The molecule has 0 saturated carbocycles. The van der Waals surface area contributed by atoms with Crippen LogP contribution in [0, 0.1) is 20.8 Å². The van der Waals surface area contributed by atoms with E-state index in [0.717, 1.165) is 16.5 Å². The molecule has 0 fully saturated rings. The van der Waals surface area contributed by atoms with Crippen LogP contribution in [0.15, 0.2) is 51.0 Å².